The first-order valence-electron chi connectivity index (χ1n) is 6.02. The number of hydrogen-bond donors (Lipinski definition) is 1. The van der Waals surface area contributed by atoms with Crippen LogP contribution in [0.2, 0.25) is 0 Å². The van der Waals surface area contributed by atoms with Crippen molar-refractivity contribution in [3.05, 3.63) is 65.5 Å². The summed E-state index contributed by atoms with van der Waals surface area (Å²) in [7, 11) is 0. The fourth-order valence-corrected chi connectivity index (χ4v) is 1.93. The molecule has 0 fully saturated rings. The maximum atomic E-state index is 4.37. The quantitative estimate of drug-likeness (QED) is 0.866. The summed E-state index contributed by atoms with van der Waals surface area (Å²) in [5.74, 6) is 0. The smallest absolute Gasteiger partial charge is 0.0591 e. The van der Waals surface area contributed by atoms with Crippen molar-refractivity contribution in [3.8, 4) is 0 Å². The van der Waals surface area contributed by atoms with Gasteiger partial charge in [0.15, 0.2) is 0 Å². The molecule has 0 spiro atoms. The van der Waals surface area contributed by atoms with Crippen molar-refractivity contribution in [3.63, 3.8) is 0 Å². The molecule has 0 bridgehead atoms. The van der Waals surface area contributed by atoms with Gasteiger partial charge in [0.2, 0.25) is 0 Å². The molecule has 1 aromatic heterocycles. The average Bonchev–Trinajstić information content (AvgIpc) is 2.38. The van der Waals surface area contributed by atoms with Crippen molar-refractivity contribution >= 4 is 0 Å². The Morgan fingerprint density at radius 1 is 1.06 bits per heavy atom. The average molecular weight is 226 g/mol. The zero-order valence-corrected chi connectivity index (χ0v) is 10.4. The lowest BCUT2D eigenvalue weighted by Gasteiger charge is -2.18. The SMILES string of the molecule is CCNC(c1ccccc1)c1ccc(C)nc1. The Hall–Kier alpha value is -1.67. The summed E-state index contributed by atoms with van der Waals surface area (Å²) in [5, 5.41) is 3.49. The molecule has 0 aliphatic carbocycles. The van der Waals surface area contributed by atoms with Crippen LogP contribution in [0.3, 0.4) is 0 Å². The summed E-state index contributed by atoms with van der Waals surface area (Å²) in [5.41, 5.74) is 3.54. The third kappa shape index (κ3) is 2.92. The van der Waals surface area contributed by atoms with Crippen molar-refractivity contribution in [2.75, 3.05) is 6.54 Å². The van der Waals surface area contributed by atoms with E-state index in [2.05, 4.69) is 53.6 Å². The fraction of sp³-hybridized carbons (Fsp3) is 0.267. The van der Waals surface area contributed by atoms with E-state index < -0.39 is 0 Å². The molecule has 17 heavy (non-hydrogen) atoms. The predicted molar refractivity (Wildman–Crippen MR) is 70.9 cm³/mol. The molecular weight excluding hydrogens is 208 g/mol. The van der Waals surface area contributed by atoms with Crippen LogP contribution in [-0.2, 0) is 0 Å². The summed E-state index contributed by atoms with van der Waals surface area (Å²) >= 11 is 0. The molecule has 1 atom stereocenters. The van der Waals surface area contributed by atoms with Gasteiger partial charge in [0.05, 0.1) is 6.04 Å². The van der Waals surface area contributed by atoms with Crippen molar-refractivity contribution in [1.29, 1.82) is 0 Å². The summed E-state index contributed by atoms with van der Waals surface area (Å²) in [6, 6.07) is 14.9. The molecule has 2 heteroatoms. The molecule has 1 unspecified atom stereocenters. The van der Waals surface area contributed by atoms with Crippen LogP contribution in [0.25, 0.3) is 0 Å². The molecule has 0 saturated heterocycles. The fourth-order valence-electron chi connectivity index (χ4n) is 1.93. The van der Waals surface area contributed by atoms with Gasteiger partial charge in [0.1, 0.15) is 0 Å². The maximum Gasteiger partial charge on any atom is 0.0591 e. The maximum absolute atomic E-state index is 4.37. The molecule has 0 saturated carbocycles. The van der Waals surface area contributed by atoms with E-state index in [0.717, 1.165) is 12.2 Å². The van der Waals surface area contributed by atoms with E-state index in [9.17, 15) is 0 Å². The number of nitrogens with zero attached hydrogens (tertiary/aromatic N) is 1. The van der Waals surface area contributed by atoms with E-state index in [1.165, 1.54) is 11.1 Å². The van der Waals surface area contributed by atoms with Crippen molar-refractivity contribution < 1.29 is 0 Å². The van der Waals surface area contributed by atoms with Crippen molar-refractivity contribution in [2.45, 2.75) is 19.9 Å². The van der Waals surface area contributed by atoms with Gasteiger partial charge in [-0.3, -0.25) is 4.98 Å². The second-order valence-electron chi connectivity index (χ2n) is 4.13. The molecule has 0 aliphatic heterocycles. The van der Waals surface area contributed by atoms with Crippen LogP contribution < -0.4 is 5.32 Å². The first-order valence-corrected chi connectivity index (χ1v) is 6.02. The minimum atomic E-state index is 0.231. The van der Waals surface area contributed by atoms with Crippen molar-refractivity contribution in [2.24, 2.45) is 0 Å². The summed E-state index contributed by atoms with van der Waals surface area (Å²) in [6.45, 7) is 5.07. The largest absolute Gasteiger partial charge is 0.306 e. The molecular formula is C15H18N2. The minimum Gasteiger partial charge on any atom is -0.306 e. The van der Waals surface area contributed by atoms with E-state index >= 15 is 0 Å². The second-order valence-corrected chi connectivity index (χ2v) is 4.13. The first kappa shape index (κ1) is 11.8. The van der Waals surface area contributed by atoms with Gasteiger partial charge in [-0.2, -0.15) is 0 Å². The highest BCUT2D eigenvalue weighted by Crippen LogP contribution is 2.21. The number of aromatic nitrogens is 1. The highest BCUT2D eigenvalue weighted by atomic mass is 14.9. The van der Waals surface area contributed by atoms with Crippen LogP contribution in [-0.4, -0.2) is 11.5 Å². The van der Waals surface area contributed by atoms with Crippen LogP contribution >= 0.6 is 0 Å². The van der Waals surface area contributed by atoms with E-state index in [1.54, 1.807) is 0 Å². The van der Waals surface area contributed by atoms with Gasteiger partial charge in [-0.05, 0) is 30.7 Å². The third-order valence-electron chi connectivity index (χ3n) is 2.81. The van der Waals surface area contributed by atoms with Gasteiger partial charge in [-0.15, -0.1) is 0 Å². The van der Waals surface area contributed by atoms with Crippen LogP contribution in [0.1, 0.15) is 29.8 Å². The zero-order valence-electron chi connectivity index (χ0n) is 10.4. The molecule has 0 radical (unpaired) electrons. The highest BCUT2D eigenvalue weighted by Gasteiger charge is 2.12. The van der Waals surface area contributed by atoms with Crippen LogP contribution in [0.4, 0.5) is 0 Å². The second kappa shape index (κ2) is 5.60. The number of aryl methyl sites for hydroxylation is 1. The topological polar surface area (TPSA) is 24.9 Å². The Morgan fingerprint density at radius 2 is 1.82 bits per heavy atom. The first-order chi connectivity index (χ1) is 8.31. The predicted octanol–water partition coefficient (Wildman–Crippen LogP) is 3.09. The van der Waals surface area contributed by atoms with Gasteiger partial charge >= 0.3 is 0 Å². The molecule has 1 heterocycles. The molecule has 2 rings (SSSR count). The molecule has 1 aromatic carbocycles. The lowest BCUT2D eigenvalue weighted by Crippen LogP contribution is -2.22. The van der Waals surface area contributed by atoms with Gasteiger partial charge in [-0.25, -0.2) is 0 Å². The monoisotopic (exact) mass is 226 g/mol. The third-order valence-corrected chi connectivity index (χ3v) is 2.81. The Kier molecular flexibility index (Phi) is 3.89. The van der Waals surface area contributed by atoms with Gasteiger partial charge in [0.25, 0.3) is 0 Å². The Balaban J connectivity index is 2.32. The lowest BCUT2D eigenvalue weighted by molar-refractivity contribution is 0.628. The van der Waals surface area contributed by atoms with Gasteiger partial charge in [-0.1, -0.05) is 43.3 Å². The Morgan fingerprint density at radius 3 is 2.41 bits per heavy atom. The minimum absolute atomic E-state index is 0.231. The molecule has 0 amide bonds. The standard InChI is InChI=1S/C15H18N2/c1-3-16-15(13-7-5-4-6-8-13)14-10-9-12(2)17-11-14/h4-11,15-16H,3H2,1-2H3. The highest BCUT2D eigenvalue weighted by molar-refractivity contribution is 5.30. The molecule has 2 aromatic rings. The van der Waals surface area contributed by atoms with Gasteiger partial charge < -0.3 is 5.32 Å². The molecule has 88 valence electrons. The number of pyridine rings is 1. The summed E-state index contributed by atoms with van der Waals surface area (Å²) in [4.78, 5) is 4.37. The number of benzene rings is 1. The van der Waals surface area contributed by atoms with E-state index in [0.29, 0.717) is 0 Å². The van der Waals surface area contributed by atoms with Crippen LogP contribution in [0, 0.1) is 6.92 Å². The summed E-state index contributed by atoms with van der Waals surface area (Å²) in [6.07, 6.45) is 1.95. The zero-order chi connectivity index (χ0) is 12.1. The normalized spacial score (nSPS) is 12.4. The summed E-state index contributed by atoms with van der Waals surface area (Å²) < 4.78 is 0. The van der Waals surface area contributed by atoms with Crippen LogP contribution in [0.5, 0.6) is 0 Å². The van der Waals surface area contributed by atoms with Gasteiger partial charge in [0, 0.05) is 11.9 Å². The van der Waals surface area contributed by atoms with Crippen LogP contribution in [0.15, 0.2) is 48.7 Å². The number of nitrogens with one attached hydrogen (secondary N) is 1. The molecule has 0 aliphatic rings. The lowest BCUT2D eigenvalue weighted by atomic mass is 10.00. The number of hydrogen-bond acceptors (Lipinski definition) is 2. The van der Waals surface area contributed by atoms with E-state index in [1.807, 2.05) is 19.2 Å². The van der Waals surface area contributed by atoms with E-state index in [4.69, 9.17) is 0 Å². The number of rotatable bonds is 4. The molecule has 2 nitrogen and oxygen atoms in total. The Bertz CT molecular complexity index is 448. The van der Waals surface area contributed by atoms with Crippen molar-refractivity contribution in [1.82, 2.24) is 10.3 Å². The Labute approximate surface area is 103 Å². The molecule has 1 N–H and O–H groups in total. The van der Waals surface area contributed by atoms with E-state index in [-0.39, 0.29) is 6.04 Å².